The molecule has 1 aromatic carbocycles. The van der Waals surface area contributed by atoms with Crippen LogP contribution in [-0.4, -0.2) is 30.5 Å². The van der Waals surface area contributed by atoms with Crippen LogP contribution in [0.1, 0.15) is 15.9 Å². The second kappa shape index (κ2) is 7.53. The van der Waals surface area contributed by atoms with E-state index in [1.54, 1.807) is 36.4 Å². The number of benzene rings is 1. The van der Waals surface area contributed by atoms with Crippen molar-refractivity contribution in [3.8, 4) is 6.07 Å². The van der Waals surface area contributed by atoms with E-state index < -0.39 is 5.91 Å². The van der Waals surface area contributed by atoms with Gasteiger partial charge in [0.05, 0.1) is 11.6 Å². The Morgan fingerprint density at radius 2 is 1.79 bits per heavy atom. The molecule has 29 heavy (non-hydrogen) atoms. The number of nitrogens with one attached hydrogen (secondary N) is 3. The fourth-order valence-electron chi connectivity index (χ4n) is 2.58. The first-order valence-electron chi connectivity index (χ1n) is 8.41. The monoisotopic (exact) mass is 383 g/mol. The number of hydrogen-bond acceptors (Lipinski definition) is 8. The topological polar surface area (TPSA) is 145 Å². The van der Waals surface area contributed by atoms with Gasteiger partial charge in [-0.05, 0) is 36.4 Å². The average Bonchev–Trinajstić information content (AvgIpc) is 2.77. The SMILES string of the molecule is N#Cc1ccc(Nc2ncnc3c(=N)n(NC(=O)c4ccncc4)cnc23)cc1. The molecule has 0 saturated heterocycles. The first kappa shape index (κ1) is 17.7. The Labute approximate surface area is 164 Å². The fraction of sp³-hybridized carbons (Fsp3) is 0. The Morgan fingerprint density at radius 1 is 1.03 bits per heavy atom. The summed E-state index contributed by atoms with van der Waals surface area (Å²) in [6.45, 7) is 0. The van der Waals surface area contributed by atoms with Gasteiger partial charge in [0.1, 0.15) is 23.7 Å². The van der Waals surface area contributed by atoms with Gasteiger partial charge in [0, 0.05) is 23.6 Å². The summed E-state index contributed by atoms with van der Waals surface area (Å²) in [5, 5.41) is 20.4. The van der Waals surface area contributed by atoms with Crippen LogP contribution in [0.4, 0.5) is 11.5 Å². The molecule has 3 aromatic heterocycles. The lowest BCUT2D eigenvalue weighted by atomic mass is 10.2. The van der Waals surface area contributed by atoms with Gasteiger partial charge in [-0.1, -0.05) is 0 Å². The van der Waals surface area contributed by atoms with Crippen molar-refractivity contribution >= 4 is 28.4 Å². The van der Waals surface area contributed by atoms with Crippen molar-refractivity contribution in [1.29, 1.82) is 10.7 Å². The summed E-state index contributed by atoms with van der Waals surface area (Å²) in [5.41, 5.74) is 4.82. The number of pyridine rings is 1. The van der Waals surface area contributed by atoms with Crippen LogP contribution in [0.5, 0.6) is 0 Å². The lowest BCUT2D eigenvalue weighted by Gasteiger charge is -2.11. The summed E-state index contributed by atoms with van der Waals surface area (Å²) >= 11 is 0. The van der Waals surface area contributed by atoms with Crippen LogP contribution in [0.15, 0.2) is 61.4 Å². The van der Waals surface area contributed by atoms with Crippen LogP contribution in [-0.2, 0) is 0 Å². The highest BCUT2D eigenvalue weighted by Gasteiger charge is 2.11. The van der Waals surface area contributed by atoms with Crippen molar-refractivity contribution in [2.24, 2.45) is 0 Å². The number of hydrogen-bond donors (Lipinski definition) is 3. The van der Waals surface area contributed by atoms with Gasteiger partial charge in [-0.3, -0.25) is 20.6 Å². The van der Waals surface area contributed by atoms with Crippen LogP contribution in [0, 0.1) is 16.7 Å². The van der Waals surface area contributed by atoms with E-state index in [0.717, 1.165) is 0 Å². The molecule has 0 atom stereocenters. The zero-order valence-electron chi connectivity index (χ0n) is 14.9. The van der Waals surface area contributed by atoms with Gasteiger partial charge in [0.2, 0.25) is 0 Å². The molecule has 3 N–H and O–H groups in total. The van der Waals surface area contributed by atoms with E-state index in [1.807, 2.05) is 0 Å². The van der Waals surface area contributed by atoms with Gasteiger partial charge in [-0.2, -0.15) is 5.26 Å². The Morgan fingerprint density at radius 3 is 2.52 bits per heavy atom. The number of nitriles is 1. The maximum atomic E-state index is 12.3. The highest BCUT2D eigenvalue weighted by Crippen LogP contribution is 2.19. The molecule has 0 aliphatic rings. The second-order valence-electron chi connectivity index (χ2n) is 5.87. The molecule has 10 heteroatoms. The molecule has 0 unspecified atom stereocenters. The normalized spacial score (nSPS) is 10.3. The predicted octanol–water partition coefficient (Wildman–Crippen LogP) is 1.70. The van der Waals surface area contributed by atoms with E-state index in [-0.39, 0.29) is 11.0 Å². The summed E-state index contributed by atoms with van der Waals surface area (Å²) in [6, 6.07) is 12.0. The molecule has 1 amide bonds. The minimum Gasteiger partial charge on any atom is -0.338 e. The van der Waals surface area contributed by atoms with Crippen LogP contribution in [0.3, 0.4) is 0 Å². The van der Waals surface area contributed by atoms with E-state index in [4.69, 9.17) is 10.7 Å². The summed E-state index contributed by atoms with van der Waals surface area (Å²) in [7, 11) is 0. The average molecular weight is 383 g/mol. The number of rotatable bonds is 4. The van der Waals surface area contributed by atoms with Gasteiger partial charge in [0.15, 0.2) is 11.3 Å². The van der Waals surface area contributed by atoms with Crippen molar-refractivity contribution in [2.45, 2.75) is 0 Å². The molecule has 3 heterocycles. The molecule has 0 fully saturated rings. The Kier molecular flexibility index (Phi) is 4.61. The van der Waals surface area contributed by atoms with E-state index >= 15 is 0 Å². The zero-order chi connectivity index (χ0) is 20.2. The summed E-state index contributed by atoms with van der Waals surface area (Å²) in [4.78, 5) is 28.8. The van der Waals surface area contributed by atoms with E-state index in [1.165, 1.54) is 29.7 Å². The minimum absolute atomic E-state index is 0.0531. The molecule has 140 valence electrons. The number of carbonyl (C=O) groups excluding carboxylic acids is 1. The summed E-state index contributed by atoms with van der Waals surface area (Å²) in [6.07, 6.45) is 5.64. The quantitative estimate of drug-likeness (QED) is 0.486. The number of fused-ring (bicyclic) bond motifs is 1. The van der Waals surface area contributed by atoms with Crippen LogP contribution in [0.2, 0.25) is 0 Å². The molecule has 0 saturated carbocycles. The molecule has 0 aliphatic carbocycles. The van der Waals surface area contributed by atoms with Crippen molar-refractivity contribution in [3.05, 3.63) is 78.1 Å². The van der Waals surface area contributed by atoms with Crippen molar-refractivity contribution in [2.75, 3.05) is 10.7 Å². The largest absolute Gasteiger partial charge is 0.338 e. The third-order valence-corrected chi connectivity index (χ3v) is 4.03. The molecular formula is C19H13N9O. The van der Waals surface area contributed by atoms with E-state index in [0.29, 0.717) is 28.1 Å². The van der Waals surface area contributed by atoms with Crippen LogP contribution < -0.4 is 16.2 Å². The molecule has 0 spiro atoms. The molecule has 0 aliphatic heterocycles. The van der Waals surface area contributed by atoms with Gasteiger partial charge in [0.25, 0.3) is 5.91 Å². The third-order valence-electron chi connectivity index (χ3n) is 4.03. The van der Waals surface area contributed by atoms with Gasteiger partial charge >= 0.3 is 0 Å². The van der Waals surface area contributed by atoms with Gasteiger partial charge in [-0.15, -0.1) is 0 Å². The number of amides is 1. The van der Waals surface area contributed by atoms with Gasteiger partial charge < -0.3 is 5.32 Å². The van der Waals surface area contributed by atoms with E-state index in [9.17, 15) is 4.79 Å². The molecule has 4 rings (SSSR count). The standard InChI is InChI=1S/C19H13N9O/c20-9-12-1-3-14(4-2-12)26-18-16-15(23-10-24-18)17(21)28(11-25-16)27-19(29)13-5-7-22-8-6-13/h1-8,10-11,21H,(H,27,29)(H,23,24,26). The maximum Gasteiger partial charge on any atom is 0.270 e. The molecule has 0 radical (unpaired) electrons. The molecule has 0 bridgehead atoms. The van der Waals surface area contributed by atoms with Crippen molar-refractivity contribution in [1.82, 2.24) is 24.6 Å². The zero-order valence-corrected chi connectivity index (χ0v) is 14.9. The van der Waals surface area contributed by atoms with E-state index in [2.05, 4.69) is 36.7 Å². The summed E-state index contributed by atoms with van der Waals surface area (Å²) < 4.78 is 1.18. The lowest BCUT2D eigenvalue weighted by Crippen LogP contribution is -2.33. The maximum absolute atomic E-state index is 12.3. The van der Waals surface area contributed by atoms with Crippen LogP contribution in [0.25, 0.3) is 11.0 Å². The minimum atomic E-state index is -0.406. The molecular weight excluding hydrogens is 370 g/mol. The highest BCUT2D eigenvalue weighted by molar-refractivity contribution is 5.99. The van der Waals surface area contributed by atoms with Crippen molar-refractivity contribution < 1.29 is 4.79 Å². The van der Waals surface area contributed by atoms with Crippen molar-refractivity contribution in [3.63, 3.8) is 0 Å². The fourth-order valence-corrected chi connectivity index (χ4v) is 2.58. The lowest BCUT2D eigenvalue weighted by molar-refractivity contribution is 0.101. The number of anilines is 2. The van der Waals surface area contributed by atoms with Gasteiger partial charge in [-0.25, -0.2) is 19.6 Å². The third kappa shape index (κ3) is 3.60. The predicted molar refractivity (Wildman–Crippen MR) is 104 cm³/mol. The number of carbonyl (C=O) groups is 1. The smallest absolute Gasteiger partial charge is 0.270 e. The molecule has 10 nitrogen and oxygen atoms in total. The Balaban J connectivity index is 1.66. The number of nitrogens with zero attached hydrogens (tertiary/aromatic N) is 6. The first-order chi connectivity index (χ1) is 14.2. The number of aromatic nitrogens is 5. The first-order valence-corrected chi connectivity index (χ1v) is 8.41. The highest BCUT2D eigenvalue weighted by atomic mass is 16.2. The Hall–Kier alpha value is -4.65. The molecule has 4 aromatic rings. The second-order valence-corrected chi connectivity index (χ2v) is 5.87. The Bertz CT molecular complexity index is 1290. The van der Waals surface area contributed by atoms with Crippen LogP contribution >= 0.6 is 0 Å². The summed E-state index contributed by atoms with van der Waals surface area (Å²) in [5.74, 6) is -0.00199.